The fourth-order valence-electron chi connectivity index (χ4n) is 3.49. The van der Waals surface area contributed by atoms with E-state index in [0.717, 1.165) is 24.8 Å². The van der Waals surface area contributed by atoms with Crippen molar-refractivity contribution in [2.45, 2.75) is 53.0 Å². The first kappa shape index (κ1) is 25.7. The monoisotopic (exact) mass is 460 g/mol. The Labute approximate surface area is 193 Å². The Morgan fingerprint density at radius 3 is 2.22 bits per heavy atom. The lowest BCUT2D eigenvalue weighted by atomic mass is 9.99. The molecule has 2 aromatic rings. The van der Waals surface area contributed by atoms with Gasteiger partial charge in [0.1, 0.15) is 5.75 Å². The number of nitrogens with zero attached hydrogens (tertiary/aromatic N) is 1. The van der Waals surface area contributed by atoms with E-state index in [2.05, 4.69) is 19.2 Å². The van der Waals surface area contributed by atoms with Crippen LogP contribution in [0.25, 0.3) is 0 Å². The van der Waals surface area contributed by atoms with E-state index in [-0.39, 0.29) is 12.5 Å². The molecule has 6 nitrogen and oxygen atoms in total. The molecular weight excluding hydrogens is 424 g/mol. The number of amides is 1. The summed E-state index contributed by atoms with van der Waals surface area (Å²) in [4.78, 5) is 12.5. The van der Waals surface area contributed by atoms with E-state index < -0.39 is 10.0 Å². The molecule has 7 heteroatoms. The Bertz CT molecular complexity index is 941. The van der Waals surface area contributed by atoms with Crippen molar-refractivity contribution in [2.75, 3.05) is 23.7 Å². The zero-order chi connectivity index (χ0) is 23.6. The van der Waals surface area contributed by atoms with Crippen LogP contribution in [0.15, 0.2) is 48.5 Å². The van der Waals surface area contributed by atoms with Crippen molar-refractivity contribution < 1.29 is 17.9 Å². The summed E-state index contributed by atoms with van der Waals surface area (Å²) in [6.07, 6.45) is 5.69. The number of anilines is 1. The van der Waals surface area contributed by atoms with Gasteiger partial charge in [-0.25, -0.2) is 8.42 Å². The number of carbonyl (C=O) groups is 1. The number of hydrogen-bond donors (Lipinski definition) is 1. The van der Waals surface area contributed by atoms with Gasteiger partial charge in [-0.3, -0.25) is 9.10 Å². The maximum Gasteiger partial charge on any atom is 0.251 e. The van der Waals surface area contributed by atoms with Crippen LogP contribution in [0.1, 0.15) is 62.4 Å². The molecule has 0 unspecified atom stereocenters. The zero-order valence-corrected chi connectivity index (χ0v) is 20.5. The summed E-state index contributed by atoms with van der Waals surface area (Å²) < 4.78 is 31.6. The first-order valence-electron chi connectivity index (χ1n) is 11.4. The number of sulfonamides is 1. The van der Waals surface area contributed by atoms with Gasteiger partial charge in [-0.1, -0.05) is 45.2 Å². The van der Waals surface area contributed by atoms with Crippen LogP contribution in [0, 0.1) is 5.92 Å². The average molecular weight is 461 g/mol. The van der Waals surface area contributed by atoms with Gasteiger partial charge in [-0.2, -0.15) is 0 Å². The summed E-state index contributed by atoms with van der Waals surface area (Å²) >= 11 is 0. The molecule has 0 heterocycles. The van der Waals surface area contributed by atoms with E-state index in [9.17, 15) is 13.2 Å². The molecule has 32 heavy (non-hydrogen) atoms. The molecule has 2 aromatic carbocycles. The number of ether oxygens (including phenoxy) is 1. The van der Waals surface area contributed by atoms with Crippen molar-refractivity contribution in [1.82, 2.24) is 5.32 Å². The summed E-state index contributed by atoms with van der Waals surface area (Å²) in [5.74, 6) is 1.09. The fraction of sp³-hybridized carbons (Fsp3) is 0.480. The quantitative estimate of drug-likeness (QED) is 0.456. The third-order valence-electron chi connectivity index (χ3n) is 5.47. The van der Waals surface area contributed by atoms with Gasteiger partial charge in [0, 0.05) is 12.1 Å². The highest BCUT2D eigenvalue weighted by Gasteiger charge is 2.18. The second-order valence-corrected chi connectivity index (χ2v) is 9.93. The molecule has 0 fully saturated rings. The molecule has 0 radical (unpaired) electrons. The van der Waals surface area contributed by atoms with E-state index >= 15 is 0 Å². The maximum atomic E-state index is 12.5. The van der Waals surface area contributed by atoms with Crippen molar-refractivity contribution in [3.63, 3.8) is 0 Å². The van der Waals surface area contributed by atoms with E-state index in [0.29, 0.717) is 36.1 Å². The molecular formula is C25H36N2O4S. The molecule has 0 aliphatic carbocycles. The Kier molecular flexibility index (Phi) is 10.0. The van der Waals surface area contributed by atoms with Crippen LogP contribution in [0.4, 0.5) is 5.69 Å². The minimum absolute atomic E-state index is 0.0991. The van der Waals surface area contributed by atoms with Crippen LogP contribution in [-0.4, -0.2) is 33.7 Å². The van der Waals surface area contributed by atoms with Crippen molar-refractivity contribution in [1.29, 1.82) is 0 Å². The van der Waals surface area contributed by atoms with Gasteiger partial charge in [-0.05, 0) is 61.2 Å². The van der Waals surface area contributed by atoms with Crippen molar-refractivity contribution in [3.05, 3.63) is 59.7 Å². The van der Waals surface area contributed by atoms with Crippen LogP contribution in [0.5, 0.6) is 5.75 Å². The highest BCUT2D eigenvalue weighted by Crippen LogP contribution is 2.24. The lowest BCUT2D eigenvalue weighted by Crippen LogP contribution is -2.30. The summed E-state index contributed by atoms with van der Waals surface area (Å²) in [6.45, 7) is 7.63. The van der Waals surface area contributed by atoms with Gasteiger partial charge >= 0.3 is 0 Å². The third kappa shape index (κ3) is 7.86. The largest absolute Gasteiger partial charge is 0.494 e. The van der Waals surface area contributed by atoms with Gasteiger partial charge < -0.3 is 10.1 Å². The molecule has 2 rings (SSSR count). The van der Waals surface area contributed by atoms with Crippen LogP contribution < -0.4 is 14.4 Å². The first-order chi connectivity index (χ1) is 15.3. The average Bonchev–Trinajstić information content (AvgIpc) is 2.78. The van der Waals surface area contributed by atoms with E-state index in [1.165, 1.54) is 17.0 Å². The van der Waals surface area contributed by atoms with Gasteiger partial charge in [0.05, 0.1) is 25.1 Å². The van der Waals surface area contributed by atoms with E-state index in [1.807, 2.05) is 6.92 Å². The maximum absolute atomic E-state index is 12.5. The molecule has 1 N–H and O–H groups in total. The summed E-state index contributed by atoms with van der Waals surface area (Å²) in [5.41, 5.74) is 1.94. The Hall–Kier alpha value is -2.54. The smallest absolute Gasteiger partial charge is 0.251 e. The topological polar surface area (TPSA) is 75.7 Å². The van der Waals surface area contributed by atoms with Crippen molar-refractivity contribution in [3.8, 4) is 5.75 Å². The van der Waals surface area contributed by atoms with E-state index in [1.54, 1.807) is 48.5 Å². The van der Waals surface area contributed by atoms with Crippen LogP contribution in [-0.2, 0) is 16.6 Å². The van der Waals surface area contributed by atoms with Gasteiger partial charge in [0.2, 0.25) is 10.0 Å². The first-order valence-corrected chi connectivity index (χ1v) is 13.2. The molecule has 0 saturated heterocycles. The van der Waals surface area contributed by atoms with Crippen LogP contribution in [0.2, 0.25) is 0 Å². The van der Waals surface area contributed by atoms with Gasteiger partial charge in [-0.15, -0.1) is 0 Å². The molecule has 0 spiro atoms. The predicted octanol–water partition coefficient (Wildman–Crippen LogP) is 5.00. The summed E-state index contributed by atoms with van der Waals surface area (Å²) in [5, 5.41) is 3.03. The molecule has 0 saturated carbocycles. The minimum Gasteiger partial charge on any atom is -0.494 e. The van der Waals surface area contributed by atoms with Crippen LogP contribution in [0.3, 0.4) is 0 Å². The Balaban J connectivity index is 2.05. The van der Waals surface area contributed by atoms with Gasteiger partial charge in [0.15, 0.2) is 0 Å². The van der Waals surface area contributed by atoms with Crippen molar-refractivity contribution in [2.24, 2.45) is 5.92 Å². The second kappa shape index (κ2) is 12.5. The standard InChI is InChI=1S/C25H36N2O4S/c1-5-8-9-20(6-2)18-26-25(28)22-12-10-21(11-13-22)19-27(32(4,29)30)23-14-16-24(17-15-23)31-7-3/h10-17,20H,5-9,18-19H2,1-4H3,(H,26,28)/t20-/m1/s1. The fourth-order valence-corrected chi connectivity index (χ4v) is 4.37. The Morgan fingerprint density at radius 2 is 1.69 bits per heavy atom. The summed E-state index contributed by atoms with van der Waals surface area (Å²) in [7, 11) is -3.48. The lowest BCUT2D eigenvalue weighted by Gasteiger charge is -2.23. The highest BCUT2D eigenvalue weighted by atomic mass is 32.2. The molecule has 0 bridgehead atoms. The number of unbranched alkanes of at least 4 members (excludes halogenated alkanes) is 1. The number of rotatable bonds is 13. The molecule has 0 aliphatic rings. The third-order valence-corrected chi connectivity index (χ3v) is 6.61. The van der Waals surface area contributed by atoms with E-state index in [4.69, 9.17) is 4.74 Å². The van der Waals surface area contributed by atoms with Gasteiger partial charge in [0.25, 0.3) is 5.91 Å². The van der Waals surface area contributed by atoms with Crippen LogP contribution >= 0.6 is 0 Å². The highest BCUT2D eigenvalue weighted by molar-refractivity contribution is 7.92. The molecule has 176 valence electrons. The molecule has 1 amide bonds. The summed E-state index contributed by atoms with van der Waals surface area (Å²) in [6, 6.07) is 14.1. The minimum atomic E-state index is -3.48. The lowest BCUT2D eigenvalue weighted by molar-refractivity contribution is 0.0946. The SMILES string of the molecule is CCCC[C@@H](CC)CNC(=O)c1ccc(CN(c2ccc(OCC)cc2)S(C)(=O)=O)cc1. The Morgan fingerprint density at radius 1 is 1.03 bits per heavy atom. The predicted molar refractivity (Wildman–Crippen MR) is 131 cm³/mol. The zero-order valence-electron chi connectivity index (χ0n) is 19.6. The molecule has 0 aromatic heterocycles. The normalized spacial score (nSPS) is 12.2. The molecule has 1 atom stereocenters. The van der Waals surface area contributed by atoms with Crippen molar-refractivity contribution >= 4 is 21.6 Å². The number of benzene rings is 2. The number of hydrogen-bond acceptors (Lipinski definition) is 4. The molecule has 0 aliphatic heterocycles. The number of nitrogens with one attached hydrogen (secondary N) is 1. The number of carbonyl (C=O) groups excluding carboxylic acids is 1. The second-order valence-electron chi connectivity index (χ2n) is 8.02.